The van der Waals surface area contributed by atoms with E-state index in [4.69, 9.17) is 9.84 Å². The first-order valence-electron chi connectivity index (χ1n) is 6.15. The summed E-state index contributed by atoms with van der Waals surface area (Å²) in [4.78, 5) is 22.6. The van der Waals surface area contributed by atoms with Gasteiger partial charge >= 0.3 is 5.97 Å². The van der Waals surface area contributed by atoms with Crippen molar-refractivity contribution in [3.63, 3.8) is 0 Å². The molecule has 4 unspecified atom stereocenters. The second-order valence-corrected chi connectivity index (χ2v) is 5.09. The lowest BCUT2D eigenvalue weighted by Gasteiger charge is -2.21. The normalized spacial score (nSPS) is 32.4. The van der Waals surface area contributed by atoms with Gasteiger partial charge in [0.1, 0.15) is 0 Å². The molecule has 0 aromatic rings. The number of aliphatic carboxylic acids is 1. The molecule has 0 heterocycles. The van der Waals surface area contributed by atoms with Crippen LogP contribution in [-0.2, 0) is 14.3 Å². The van der Waals surface area contributed by atoms with Gasteiger partial charge in [0.05, 0.1) is 6.54 Å². The molecule has 2 fully saturated rings. The van der Waals surface area contributed by atoms with Crippen molar-refractivity contribution in [2.24, 2.45) is 17.8 Å². The number of rotatable bonds is 5. The molecular formula is C12H19NO4. The average molecular weight is 241 g/mol. The minimum Gasteiger partial charge on any atom is -0.479 e. The van der Waals surface area contributed by atoms with Gasteiger partial charge in [0, 0.05) is 13.0 Å². The third-order valence-corrected chi connectivity index (χ3v) is 4.10. The zero-order chi connectivity index (χ0) is 12.4. The van der Waals surface area contributed by atoms with Crippen LogP contribution in [0.3, 0.4) is 0 Å². The molecule has 2 saturated carbocycles. The number of carboxylic acid groups (broad SMARTS) is 1. The molecule has 0 saturated heterocycles. The first kappa shape index (κ1) is 12.4. The lowest BCUT2D eigenvalue weighted by molar-refractivity contribution is -0.148. The molecule has 2 aliphatic rings. The summed E-state index contributed by atoms with van der Waals surface area (Å²) in [5, 5.41) is 11.5. The Morgan fingerprint density at radius 2 is 2.18 bits per heavy atom. The van der Waals surface area contributed by atoms with Crippen LogP contribution >= 0.6 is 0 Å². The molecule has 0 aromatic carbocycles. The molecule has 2 rings (SSSR count). The first-order valence-corrected chi connectivity index (χ1v) is 6.15. The molecule has 5 heteroatoms. The largest absolute Gasteiger partial charge is 0.479 e. The number of nitrogens with one attached hydrogen (secondary N) is 1. The topological polar surface area (TPSA) is 75.6 Å². The summed E-state index contributed by atoms with van der Waals surface area (Å²) in [7, 11) is 1.34. The van der Waals surface area contributed by atoms with Crippen molar-refractivity contribution in [1.29, 1.82) is 0 Å². The lowest BCUT2D eigenvalue weighted by Crippen LogP contribution is -2.41. The van der Waals surface area contributed by atoms with E-state index in [2.05, 4.69) is 5.32 Å². The summed E-state index contributed by atoms with van der Waals surface area (Å²) in [6.07, 6.45) is 3.60. The first-order chi connectivity index (χ1) is 8.11. The van der Waals surface area contributed by atoms with Crippen LogP contribution in [0.2, 0.25) is 0 Å². The minimum absolute atomic E-state index is 0.000463. The molecule has 0 radical (unpaired) electrons. The standard InChI is InChI=1S/C12H19NO4/c1-17-10(12(15)16)6-13-11(14)9-5-7-2-3-8(9)4-7/h7-10H,2-6H2,1H3,(H,13,14)(H,15,16). The van der Waals surface area contributed by atoms with Crippen molar-refractivity contribution >= 4 is 11.9 Å². The van der Waals surface area contributed by atoms with Gasteiger partial charge in [0.2, 0.25) is 5.91 Å². The van der Waals surface area contributed by atoms with E-state index in [1.807, 2.05) is 0 Å². The van der Waals surface area contributed by atoms with Gasteiger partial charge in [-0.05, 0) is 31.1 Å². The maximum Gasteiger partial charge on any atom is 0.334 e. The number of carbonyl (C=O) groups excluding carboxylic acids is 1. The van der Waals surface area contributed by atoms with Crippen LogP contribution in [-0.4, -0.2) is 36.7 Å². The molecule has 5 nitrogen and oxygen atoms in total. The number of hydrogen-bond acceptors (Lipinski definition) is 3. The van der Waals surface area contributed by atoms with E-state index >= 15 is 0 Å². The Kier molecular flexibility index (Phi) is 3.66. The summed E-state index contributed by atoms with van der Waals surface area (Å²) in [6.45, 7) is 0.0541. The van der Waals surface area contributed by atoms with Gasteiger partial charge in [-0.1, -0.05) is 6.42 Å². The fourth-order valence-corrected chi connectivity index (χ4v) is 3.16. The molecule has 2 bridgehead atoms. The highest BCUT2D eigenvalue weighted by Crippen LogP contribution is 2.48. The number of fused-ring (bicyclic) bond motifs is 2. The predicted molar refractivity (Wildman–Crippen MR) is 60.4 cm³/mol. The van der Waals surface area contributed by atoms with Gasteiger partial charge in [-0.3, -0.25) is 4.79 Å². The second-order valence-electron chi connectivity index (χ2n) is 5.09. The highest BCUT2D eigenvalue weighted by Gasteiger charge is 2.43. The molecule has 2 N–H and O–H groups in total. The molecule has 4 atom stereocenters. The van der Waals surface area contributed by atoms with Crippen molar-refractivity contribution in [3.05, 3.63) is 0 Å². The molecule has 2 aliphatic carbocycles. The van der Waals surface area contributed by atoms with Crippen LogP contribution in [0.4, 0.5) is 0 Å². The summed E-state index contributed by atoms with van der Waals surface area (Å²) >= 11 is 0. The van der Waals surface area contributed by atoms with Crippen molar-refractivity contribution in [1.82, 2.24) is 5.32 Å². The van der Waals surface area contributed by atoms with Crippen molar-refractivity contribution in [2.75, 3.05) is 13.7 Å². The quantitative estimate of drug-likeness (QED) is 0.740. The van der Waals surface area contributed by atoms with E-state index < -0.39 is 12.1 Å². The van der Waals surface area contributed by atoms with E-state index in [1.54, 1.807) is 0 Å². The number of carboxylic acids is 1. The smallest absolute Gasteiger partial charge is 0.334 e. The Balaban J connectivity index is 1.79. The van der Waals surface area contributed by atoms with E-state index in [1.165, 1.54) is 20.0 Å². The molecule has 17 heavy (non-hydrogen) atoms. The molecule has 0 aliphatic heterocycles. The monoisotopic (exact) mass is 241 g/mol. The van der Waals surface area contributed by atoms with Crippen LogP contribution in [0.1, 0.15) is 25.7 Å². The Morgan fingerprint density at radius 1 is 1.41 bits per heavy atom. The molecule has 96 valence electrons. The van der Waals surface area contributed by atoms with Crippen LogP contribution in [0.25, 0.3) is 0 Å². The Labute approximate surface area is 101 Å². The van der Waals surface area contributed by atoms with Crippen molar-refractivity contribution < 1.29 is 19.4 Å². The van der Waals surface area contributed by atoms with Gasteiger partial charge in [0.25, 0.3) is 0 Å². The van der Waals surface area contributed by atoms with Gasteiger partial charge in [-0.25, -0.2) is 4.79 Å². The molecule has 0 aromatic heterocycles. The summed E-state index contributed by atoms with van der Waals surface area (Å²) in [6, 6.07) is 0. The average Bonchev–Trinajstić information content (AvgIpc) is 2.90. The number of carbonyl (C=O) groups is 2. The molecule has 1 amide bonds. The van der Waals surface area contributed by atoms with Gasteiger partial charge < -0.3 is 15.2 Å². The Morgan fingerprint density at radius 3 is 2.65 bits per heavy atom. The van der Waals surface area contributed by atoms with Gasteiger partial charge in [-0.2, -0.15) is 0 Å². The predicted octanol–water partition coefficient (Wildman–Crippen LogP) is 0.638. The zero-order valence-electron chi connectivity index (χ0n) is 10.0. The zero-order valence-corrected chi connectivity index (χ0v) is 10.0. The Hall–Kier alpha value is -1.10. The third-order valence-electron chi connectivity index (χ3n) is 4.10. The van der Waals surface area contributed by atoms with Gasteiger partial charge in [-0.15, -0.1) is 0 Å². The maximum atomic E-state index is 11.9. The summed E-state index contributed by atoms with van der Waals surface area (Å²) in [5.41, 5.74) is 0. The van der Waals surface area contributed by atoms with E-state index in [-0.39, 0.29) is 18.4 Å². The lowest BCUT2D eigenvalue weighted by atomic mass is 9.88. The fraction of sp³-hybridized carbons (Fsp3) is 0.833. The SMILES string of the molecule is COC(CNC(=O)C1CC2CCC1C2)C(=O)O. The van der Waals surface area contributed by atoms with E-state index in [0.717, 1.165) is 12.8 Å². The van der Waals surface area contributed by atoms with Crippen LogP contribution in [0, 0.1) is 17.8 Å². The van der Waals surface area contributed by atoms with Crippen LogP contribution in [0.5, 0.6) is 0 Å². The highest BCUT2D eigenvalue weighted by atomic mass is 16.5. The fourth-order valence-electron chi connectivity index (χ4n) is 3.16. The van der Waals surface area contributed by atoms with E-state index in [0.29, 0.717) is 11.8 Å². The minimum atomic E-state index is -1.04. The van der Waals surface area contributed by atoms with Gasteiger partial charge in [0.15, 0.2) is 6.10 Å². The van der Waals surface area contributed by atoms with E-state index in [9.17, 15) is 9.59 Å². The number of ether oxygens (including phenoxy) is 1. The van der Waals surface area contributed by atoms with Crippen molar-refractivity contribution in [2.45, 2.75) is 31.8 Å². The number of methoxy groups -OCH3 is 1. The second kappa shape index (κ2) is 5.04. The van der Waals surface area contributed by atoms with Crippen LogP contribution < -0.4 is 5.32 Å². The summed E-state index contributed by atoms with van der Waals surface area (Å²) in [5.74, 6) is 0.292. The highest BCUT2D eigenvalue weighted by molar-refractivity contribution is 5.80. The molecule has 0 spiro atoms. The number of amides is 1. The third kappa shape index (κ3) is 2.60. The van der Waals surface area contributed by atoms with Crippen molar-refractivity contribution in [3.8, 4) is 0 Å². The van der Waals surface area contributed by atoms with Crippen LogP contribution in [0.15, 0.2) is 0 Å². The Bertz CT molecular complexity index is 318. The molecular weight excluding hydrogens is 222 g/mol. The number of hydrogen-bond donors (Lipinski definition) is 2. The maximum absolute atomic E-state index is 11.9. The summed E-state index contributed by atoms with van der Waals surface area (Å²) < 4.78 is 4.77.